The molecule has 0 saturated heterocycles. The number of carbonyl (C=O) groups is 1. The molecule has 0 bridgehead atoms. The molecule has 0 aromatic heterocycles. The van der Waals surface area contributed by atoms with Gasteiger partial charge >= 0.3 is 0 Å². The molecule has 0 atom stereocenters. The number of nitrogens with one attached hydrogen (secondary N) is 1. The summed E-state index contributed by atoms with van der Waals surface area (Å²) in [4.78, 5) is 11.8. The second-order valence-corrected chi connectivity index (χ2v) is 5.53. The maximum atomic E-state index is 11.8. The van der Waals surface area contributed by atoms with Crippen LogP contribution >= 0.6 is 0 Å². The van der Waals surface area contributed by atoms with Crippen LogP contribution in [0.25, 0.3) is 6.08 Å². The summed E-state index contributed by atoms with van der Waals surface area (Å²) < 4.78 is 5.53. The second-order valence-electron chi connectivity index (χ2n) is 5.53. The Balaban J connectivity index is 1.78. The van der Waals surface area contributed by atoms with Gasteiger partial charge in [-0.2, -0.15) is 0 Å². The third kappa shape index (κ3) is 5.25. The monoisotopic (exact) mass is 287 g/mol. The van der Waals surface area contributed by atoms with Gasteiger partial charge in [-0.15, -0.1) is 0 Å². The van der Waals surface area contributed by atoms with Crippen molar-refractivity contribution in [3.63, 3.8) is 0 Å². The van der Waals surface area contributed by atoms with Crippen molar-refractivity contribution in [1.29, 1.82) is 0 Å². The first-order chi connectivity index (χ1) is 10.3. The fourth-order valence-corrected chi connectivity index (χ4v) is 2.83. The summed E-state index contributed by atoms with van der Waals surface area (Å²) in [5.41, 5.74) is 0.935. The maximum Gasteiger partial charge on any atom is 0.244 e. The third-order valence-corrected chi connectivity index (χ3v) is 3.96. The van der Waals surface area contributed by atoms with Crippen molar-refractivity contribution in [3.05, 3.63) is 35.9 Å². The molecule has 1 amide bonds. The van der Waals surface area contributed by atoms with Crippen LogP contribution in [0, 0.1) is 5.92 Å². The number of hydrogen-bond donors (Lipinski definition) is 1. The van der Waals surface area contributed by atoms with Crippen molar-refractivity contribution in [2.45, 2.75) is 39.0 Å². The Bertz CT molecular complexity index is 476. The Morgan fingerprint density at radius 3 is 2.86 bits per heavy atom. The lowest BCUT2D eigenvalue weighted by atomic mass is 10.0. The SMILES string of the molecule is CCOc1ccccc1/C=C/C(=O)NCCC1CCCC1. The van der Waals surface area contributed by atoms with Crippen molar-refractivity contribution >= 4 is 12.0 Å². The van der Waals surface area contributed by atoms with Crippen LogP contribution in [0.5, 0.6) is 5.75 Å². The summed E-state index contributed by atoms with van der Waals surface area (Å²) in [5.74, 6) is 1.60. The molecule has 0 unspecified atom stereocenters. The maximum absolute atomic E-state index is 11.8. The number of carbonyl (C=O) groups excluding carboxylic acids is 1. The van der Waals surface area contributed by atoms with Gasteiger partial charge in [-0.1, -0.05) is 43.9 Å². The zero-order valence-corrected chi connectivity index (χ0v) is 12.8. The van der Waals surface area contributed by atoms with E-state index in [0.29, 0.717) is 6.61 Å². The van der Waals surface area contributed by atoms with Gasteiger partial charge in [0.1, 0.15) is 5.75 Å². The van der Waals surface area contributed by atoms with Gasteiger partial charge in [-0.3, -0.25) is 4.79 Å². The summed E-state index contributed by atoms with van der Waals surface area (Å²) in [7, 11) is 0. The number of rotatable bonds is 7. The summed E-state index contributed by atoms with van der Waals surface area (Å²) in [6.45, 7) is 3.36. The fraction of sp³-hybridized carbons (Fsp3) is 0.500. The van der Waals surface area contributed by atoms with Crippen LogP contribution in [0.4, 0.5) is 0 Å². The molecule has 2 rings (SSSR count). The number of amides is 1. The van der Waals surface area contributed by atoms with Crippen LogP contribution in [0.2, 0.25) is 0 Å². The van der Waals surface area contributed by atoms with E-state index in [9.17, 15) is 4.79 Å². The molecule has 1 aliphatic carbocycles. The molecule has 1 fully saturated rings. The van der Waals surface area contributed by atoms with Crippen LogP contribution in [0.15, 0.2) is 30.3 Å². The van der Waals surface area contributed by atoms with Crippen LogP contribution in [-0.2, 0) is 4.79 Å². The Hall–Kier alpha value is -1.77. The van der Waals surface area contributed by atoms with Crippen molar-refractivity contribution < 1.29 is 9.53 Å². The quantitative estimate of drug-likeness (QED) is 0.775. The van der Waals surface area contributed by atoms with E-state index in [1.165, 1.54) is 25.7 Å². The average molecular weight is 287 g/mol. The summed E-state index contributed by atoms with van der Waals surface area (Å²) in [6, 6.07) is 7.75. The predicted octanol–water partition coefficient (Wildman–Crippen LogP) is 3.80. The van der Waals surface area contributed by atoms with Gasteiger partial charge in [0.2, 0.25) is 5.91 Å². The highest BCUT2D eigenvalue weighted by Gasteiger charge is 2.14. The van der Waals surface area contributed by atoms with Gasteiger partial charge in [0.15, 0.2) is 0 Å². The van der Waals surface area contributed by atoms with Crippen LogP contribution in [0.1, 0.15) is 44.6 Å². The summed E-state index contributed by atoms with van der Waals surface area (Å²) in [5, 5.41) is 2.96. The number of ether oxygens (including phenoxy) is 1. The van der Waals surface area contributed by atoms with Gasteiger partial charge in [0.05, 0.1) is 6.61 Å². The normalized spacial score (nSPS) is 15.5. The summed E-state index contributed by atoms with van der Waals surface area (Å²) in [6.07, 6.45) is 9.87. The molecule has 114 valence electrons. The third-order valence-electron chi connectivity index (χ3n) is 3.96. The minimum absolute atomic E-state index is 0.0284. The van der Waals surface area contributed by atoms with Gasteiger partial charge in [0, 0.05) is 18.2 Å². The molecular weight excluding hydrogens is 262 g/mol. The van der Waals surface area contributed by atoms with E-state index in [2.05, 4.69) is 5.32 Å². The zero-order valence-electron chi connectivity index (χ0n) is 12.8. The Morgan fingerprint density at radius 2 is 2.10 bits per heavy atom. The highest BCUT2D eigenvalue weighted by atomic mass is 16.5. The van der Waals surface area contributed by atoms with Crippen molar-refractivity contribution in [2.24, 2.45) is 5.92 Å². The molecule has 0 spiro atoms. The lowest BCUT2D eigenvalue weighted by Gasteiger charge is -2.08. The summed E-state index contributed by atoms with van der Waals surface area (Å²) >= 11 is 0. The first kappa shape index (κ1) is 15.6. The smallest absolute Gasteiger partial charge is 0.244 e. The Morgan fingerprint density at radius 1 is 1.33 bits per heavy atom. The second kappa shape index (κ2) is 8.50. The van der Waals surface area contributed by atoms with Gasteiger partial charge in [-0.05, 0) is 31.4 Å². The molecule has 1 saturated carbocycles. The lowest BCUT2D eigenvalue weighted by Crippen LogP contribution is -2.23. The number of para-hydroxylation sites is 1. The van der Waals surface area contributed by atoms with Crippen LogP contribution < -0.4 is 10.1 Å². The van der Waals surface area contributed by atoms with Crippen molar-refractivity contribution in [1.82, 2.24) is 5.32 Å². The molecule has 21 heavy (non-hydrogen) atoms. The van der Waals surface area contributed by atoms with E-state index in [1.54, 1.807) is 6.08 Å². The average Bonchev–Trinajstić information content (AvgIpc) is 3.00. The van der Waals surface area contributed by atoms with E-state index >= 15 is 0 Å². The largest absolute Gasteiger partial charge is 0.493 e. The highest BCUT2D eigenvalue weighted by Crippen LogP contribution is 2.26. The molecule has 1 aromatic carbocycles. The molecule has 1 N–H and O–H groups in total. The molecule has 1 aliphatic rings. The molecule has 0 heterocycles. The van der Waals surface area contributed by atoms with Crippen molar-refractivity contribution in [3.8, 4) is 5.75 Å². The highest BCUT2D eigenvalue weighted by molar-refractivity contribution is 5.92. The molecule has 3 nitrogen and oxygen atoms in total. The number of benzene rings is 1. The Labute approximate surface area is 127 Å². The predicted molar refractivity (Wildman–Crippen MR) is 86.2 cm³/mol. The van der Waals surface area contributed by atoms with Gasteiger partial charge in [-0.25, -0.2) is 0 Å². The molecule has 3 heteroatoms. The van der Waals surface area contributed by atoms with Crippen LogP contribution in [-0.4, -0.2) is 19.1 Å². The molecule has 0 aliphatic heterocycles. The van der Waals surface area contributed by atoms with Crippen molar-refractivity contribution in [2.75, 3.05) is 13.2 Å². The van der Waals surface area contributed by atoms with E-state index in [4.69, 9.17) is 4.74 Å². The van der Waals surface area contributed by atoms with E-state index < -0.39 is 0 Å². The van der Waals surface area contributed by atoms with E-state index in [-0.39, 0.29) is 5.91 Å². The first-order valence-corrected chi connectivity index (χ1v) is 7.97. The minimum Gasteiger partial charge on any atom is -0.493 e. The minimum atomic E-state index is -0.0284. The van der Waals surface area contributed by atoms with E-state index in [0.717, 1.165) is 30.2 Å². The first-order valence-electron chi connectivity index (χ1n) is 7.97. The van der Waals surface area contributed by atoms with Crippen LogP contribution in [0.3, 0.4) is 0 Å². The molecular formula is C18H25NO2. The van der Waals surface area contributed by atoms with Gasteiger partial charge in [0.25, 0.3) is 0 Å². The molecule has 0 radical (unpaired) electrons. The molecule has 1 aromatic rings. The Kier molecular flexibility index (Phi) is 6.32. The standard InChI is InChI=1S/C18H25NO2/c1-2-21-17-10-6-5-9-16(17)11-12-18(20)19-14-13-15-7-3-4-8-15/h5-6,9-12,15H,2-4,7-8,13-14H2,1H3,(H,19,20)/b12-11+. The van der Waals surface area contributed by atoms with Gasteiger partial charge < -0.3 is 10.1 Å². The lowest BCUT2D eigenvalue weighted by molar-refractivity contribution is -0.116. The van der Waals surface area contributed by atoms with E-state index in [1.807, 2.05) is 37.3 Å². The zero-order chi connectivity index (χ0) is 14.9. The topological polar surface area (TPSA) is 38.3 Å². The number of hydrogen-bond acceptors (Lipinski definition) is 2. The fourth-order valence-electron chi connectivity index (χ4n) is 2.83.